The summed E-state index contributed by atoms with van der Waals surface area (Å²) in [5.41, 5.74) is 0.476. The summed E-state index contributed by atoms with van der Waals surface area (Å²) in [5, 5.41) is 9.95. The number of nitrogens with zero attached hydrogens (tertiary/aromatic N) is 1. The Morgan fingerprint density at radius 3 is 2.71 bits per heavy atom. The second kappa shape index (κ2) is 5.38. The predicted octanol–water partition coefficient (Wildman–Crippen LogP) is 2.88. The maximum absolute atomic E-state index is 12.2. The zero-order valence-electron chi connectivity index (χ0n) is 11.4. The number of hydrogen-bond donors (Lipinski definition) is 1. The molecular formula is C14H14F3NO3. The minimum atomic E-state index is -4.44. The van der Waals surface area contributed by atoms with Crippen LogP contribution in [0.2, 0.25) is 0 Å². The minimum absolute atomic E-state index is 0.00915. The molecular weight excluding hydrogens is 287 g/mol. The monoisotopic (exact) mass is 301 g/mol. The molecule has 0 bridgehead atoms. The number of ether oxygens (including phenoxy) is 1. The number of ketones is 1. The van der Waals surface area contributed by atoms with Crippen LogP contribution in [0.3, 0.4) is 0 Å². The highest BCUT2D eigenvalue weighted by atomic mass is 19.4. The number of aliphatic hydroxyl groups excluding tert-OH is 1. The molecule has 1 N–H and O–H groups in total. The van der Waals surface area contributed by atoms with Crippen molar-refractivity contribution in [2.45, 2.75) is 26.1 Å². The molecule has 114 valence electrons. The zero-order valence-corrected chi connectivity index (χ0v) is 11.4. The van der Waals surface area contributed by atoms with E-state index in [2.05, 4.69) is 9.73 Å². The van der Waals surface area contributed by atoms with Crippen molar-refractivity contribution in [3.05, 3.63) is 35.3 Å². The third-order valence-corrected chi connectivity index (χ3v) is 3.23. The van der Waals surface area contributed by atoms with Gasteiger partial charge in [0.15, 0.2) is 12.4 Å². The topological polar surface area (TPSA) is 58.9 Å². The summed E-state index contributed by atoms with van der Waals surface area (Å²) < 4.78 is 41.2. The summed E-state index contributed by atoms with van der Waals surface area (Å²) in [6.45, 7) is 1.46. The molecule has 2 aliphatic rings. The van der Waals surface area contributed by atoms with Crippen LogP contribution in [0.25, 0.3) is 0 Å². The van der Waals surface area contributed by atoms with Crippen LogP contribution in [0.5, 0.6) is 0 Å². The first-order chi connectivity index (χ1) is 9.69. The molecule has 0 amide bonds. The van der Waals surface area contributed by atoms with Gasteiger partial charge in [-0.25, -0.2) is 0 Å². The Kier molecular flexibility index (Phi) is 3.93. The molecule has 0 spiro atoms. The van der Waals surface area contributed by atoms with E-state index in [1.165, 1.54) is 19.1 Å². The molecule has 7 heteroatoms. The number of aliphatic imine (C=N–C) groups is 1. The van der Waals surface area contributed by atoms with Crippen molar-refractivity contribution in [2.24, 2.45) is 10.9 Å². The SMILES string of the molecule is CC(=O)C1=C(O)C(C)=NC2C=CC(OCC(F)(F)F)=CC12. The van der Waals surface area contributed by atoms with Gasteiger partial charge in [-0.3, -0.25) is 9.79 Å². The Hall–Kier alpha value is -2.05. The molecule has 0 saturated carbocycles. The molecule has 0 fully saturated rings. The number of rotatable bonds is 3. The Balaban J connectivity index is 2.27. The number of alkyl halides is 3. The second-order valence-electron chi connectivity index (χ2n) is 4.88. The maximum atomic E-state index is 12.2. The molecule has 0 radical (unpaired) electrons. The van der Waals surface area contributed by atoms with E-state index in [1.54, 1.807) is 13.0 Å². The lowest BCUT2D eigenvalue weighted by Crippen LogP contribution is -2.31. The highest BCUT2D eigenvalue weighted by Gasteiger charge is 2.35. The molecule has 2 rings (SSSR count). The summed E-state index contributed by atoms with van der Waals surface area (Å²) in [4.78, 5) is 15.9. The molecule has 4 nitrogen and oxygen atoms in total. The van der Waals surface area contributed by atoms with Gasteiger partial charge in [0.25, 0.3) is 0 Å². The number of dihydropyridines is 1. The molecule has 1 aliphatic heterocycles. The molecule has 1 heterocycles. The van der Waals surface area contributed by atoms with Gasteiger partial charge in [-0.15, -0.1) is 0 Å². The number of aliphatic hydroxyl groups is 1. The van der Waals surface area contributed by atoms with Crippen molar-refractivity contribution >= 4 is 11.5 Å². The van der Waals surface area contributed by atoms with Crippen molar-refractivity contribution in [2.75, 3.05) is 6.61 Å². The van der Waals surface area contributed by atoms with Crippen molar-refractivity contribution in [1.29, 1.82) is 0 Å². The van der Waals surface area contributed by atoms with Gasteiger partial charge >= 0.3 is 6.18 Å². The first-order valence-corrected chi connectivity index (χ1v) is 6.27. The van der Waals surface area contributed by atoms with Crippen LogP contribution in [0.4, 0.5) is 13.2 Å². The molecule has 0 aromatic carbocycles. The number of allylic oxidation sites excluding steroid dienone is 2. The van der Waals surface area contributed by atoms with Crippen molar-refractivity contribution in [3.63, 3.8) is 0 Å². The standard InChI is InChI=1S/C14H14F3NO3/c1-7-13(20)12(8(2)19)10-5-9(3-4-11(10)18-7)21-6-14(15,16)17/h3-5,10-11,20H,6H2,1-2H3. The maximum Gasteiger partial charge on any atom is 0.422 e. The van der Waals surface area contributed by atoms with Gasteiger partial charge in [-0.1, -0.05) is 6.08 Å². The van der Waals surface area contributed by atoms with Crippen LogP contribution in [0.1, 0.15) is 13.8 Å². The van der Waals surface area contributed by atoms with E-state index in [1.807, 2.05) is 0 Å². The normalized spacial score (nSPS) is 25.2. The molecule has 0 aromatic rings. The first-order valence-electron chi connectivity index (χ1n) is 6.27. The average molecular weight is 301 g/mol. The third kappa shape index (κ3) is 3.34. The number of hydrogen-bond acceptors (Lipinski definition) is 4. The fraction of sp³-hybridized carbons (Fsp3) is 0.429. The molecule has 1 aliphatic carbocycles. The number of fused-ring (bicyclic) bond motifs is 1. The van der Waals surface area contributed by atoms with Crippen LogP contribution >= 0.6 is 0 Å². The number of Topliss-reactive ketones (excluding diaryl/α,β-unsaturated/α-hetero) is 1. The van der Waals surface area contributed by atoms with Gasteiger partial charge in [-0.05, 0) is 26.0 Å². The van der Waals surface area contributed by atoms with Crippen molar-refractivity contribution in [1.82, 2.24) is 0 Å². The summed E-state index contributed by atoms with van der Waals surface area (Å²) >= 11 is 0. The Labute approximate surface area is 119 Å². The van der Waals surface area contributed by atoms with Crippen LogP contribution < -0.4 is 0 Å². The average Bonchev–Trinajstić information content (AvgIpc) is 2.36. The summed E-state index contributed by atoms with van der Waals surface area (Å²) in [5.74, 6) is -1.17. The summed E-state index contributed by atoms with van der Waals surface area (Å²) in [7, 11) is 0. The van der Waals surface area contributed by atoms with Crippen LogP contribution in [-0.4, -0.2) is 35.4 Å². The van der Waals surface area contributed by atoms with Crippen molar-refractivity contribution in [3.8, 4) is 0 Å². The van der Waals surface area contributed by atoms with Gasteiger partial charge in [-0.2, -0.15) is 13.2 Å². The van der Waals surface area contributed by atoms with Gasteiger partial charge in [0.2, 0.25) is 0 Å². The Morgan fingerprint density at radius 2 is 2.14 bits per heavy atom. The molecule has 0 aromatic heterocycles. The van der Waals surface area contributed by atoms with Gasteiger partial charge in [0.1, 0.15) is 11.5 Å². The fourth-order valence-corrected chi connectivity index (χ4v) is 2.32. The lowest BCUT2D eigenvalue weighted by molar-refractivity contribution is -0.164. The highest BCUT2D eigenvalue weighted by molar-refractivity contribution is 6.07. The van der Waals surface area contributed by atoms with E-state index >= 15 is 0 Å². The lowest BCUT2D eigenvalue weighted by Gasteiger charge is -2.29. The zero-order chi connectivity index (χ0) is 15.8. The van der Waals surface area contributed by atoms with E-state index in [9.17, 15) is 23.1 Å². The van der Waals surface area contributed by atoms with E-state index in [4.69, 9.17) is 0 Å². The van der Waals surface area contributed by atoms with E-state index in [0.717, 1.165) is 0 Å². The molecule has 21 heavy (non-hydrogen) atoms. The highest BCUT2D eigenvalue weighted by Crippen LogP contribution is 2.33. The summed E-state index contributed by atoms with van der Waals surface area (Å²) in [6.07, 6.45) is -0.0907. The summed E-state index contributed by atoms with van der Waals surface area (Å²) in [6, 6.07) is -0.418. The predicted molar refractivity (Wildman–Crippen MR) is 70.0 cm³/mol. The van der Waals surface area contributed by atoms with Gasteiger partial charge in [0.05, 0.1) is 11.8 Å². The lowest BCUT2D eigenvalue weighted by atomic mass is 9.82. The van der Waals surface area contributed by atoms with Crippen LogP contribution in [0, 0.1) is 5.92 Å². The number of carbonyl (C=O) groups excluding carboxylic acids is 1. The quantitative estimate of drug-likeness (QED) is 0.872. The Bertz CT molecular complexity index is 585. The van der Waals surface area contributed by atoms with Gasteiger partial charge < -0.3 is 9.84 Å². The largest absolute Gasteiger partial charge is 0.506 e. The van der Waals surface area contributed by atoms with Crippen molar-refractivity contribution < 1.29 is 27.8 Å². The third-order valence-electron chi connectivity index (χ3n) is 3.23. The molecule has 2 unspecified atom stereocenters. The van der Waals surface area contributed by atoms with E-state index in [-0.39, 0.29) is 22.9 Å². The minimum Gasteiger partial charge on any atom is -0.506 e. The first kappa shape index (κ1) is 15.3. The second-order valence-corrected chi connectivity index (χ2v) is 4.88. The van der Waals surface area contributed by atoms with Gasteiger partial charge in [0, 0.05) is 11.5 Å². The smallest absolute Gasteiger partial charge is 0.422 e. The van der Waals surface area contributed by atoms with E-state index in [0.29, 0.717) is 5.71 Å². The fourth-order valence-electron chi connectivity index (χ4n) is 2.32. The number of halogens is 3. The van der Waals surface area contributed by atoms with Crippen LogP contribution in [-0.2, 0) is 9.53 Å². The molecule has 2 atom stereocenters. The van der Waals surface area contributed by atoms with Crippen LogP contribution in [0.15, 0.2) is 40.3 Å². The Morgan fingerprint density at radius 1 is 1.48 bits per heavy atom. The molecule has 0 saturated heterocycles. The van der Waals surface area contributed by atoms with E-state index < -0.39 is 24.7 Å². The number of carbonyl (C=O) groups is 1.